The van der Waals surface area contributed by atoms with Crippen LogP contribution in [0.25, 0.3) is 0 Å². The summed E-state index contributed by atoms with van der Waals surface area (Å²) in [5, 5.41) is 7.22. The van der Waals surface area contributed by atoms with Crippen LogP contribution in [0.2, 0.25) is 0 Å². The van der Waals surface area contributed by atoms with Crippen LogP contribution >= 0.6 is 0 Å². The molecule has 0 fully saturated rings. The molecule has 0 bridgehead atoms. The van der Waals surface area contributed by atoms with Crippen LogP contribution in [0.5, 0.6) is 0 Å². The van der Waals surface area contributed by atoms with Crippen LogP contribution in [0.1, 0.15) is 44.5 Å². The lowest BCUT2D eigenvalue weighted by atomic mass is 9.99. The lowest BCUT2D eigenvalue weighted by molar-refractivity contribution is -0.124. The molecule has 1 aromatic heterocycles. The van der Waals surface area contributed by atoms with Crippen LogP contribution in [0.3, 0.4) is 0 Å². The molecule has 0 aromatic carbocycles. The van der Waals surface area contributed by atoms with E-state index in [0.29, 0.717) is 0 Å². The molecule has 0 radical (unpaired) electrons. The number of hydrogen-bond donors (Lipinski definition) is 2. The highest BCUT2D eigenvalue weighted by molar-refractivity contribution is 5.82. The van der Waals surface area contributed by atoms with Crippen molar-refractivity contribution in [3.63, 3.8) is 0 Å². The molecule has 1 rings (SSSR count). The molecule has 0 saturated heterocycles. The van der Waals surface area contributed by atoms with Gasteiger partial charge in [0, 0.05) is 18.8 Å². The van der Waals surface area contributed by atoms with Gasteiger partial charge in [-0.05, 0) is 19.8 Å². The zero-order valence-corrected chi connectivity index (χ0v) is 11.9. The van der Waals surface area contributed by atoms with Gasteiger partial charge in [-0.25, -0.2) is 0 Å². The lowest BCUT2D eigenvalue weighted by Gasteiger charge is -2.20. The maximum atomic E-state index is 12.0. The first-order chi connectivity index (χ1) is 8.36. The fourth-order valence-corrected chi connectivity index (χ4v) is 1.94. The number of aromatic nitrogens is 2. The Morgan fingerprint density at radius 1 is 1.56 bits per heavy atom. The van der Waals surface area contributed by atoms with E-state index in [2.05, 4.69) is 10.4 Å². The topological polar surface area (TPSA) is 72.9 Å². The molecule has 1 aromatic rings. The summed E-state index contributed by atoms with van der Waals surface area (Å²) < 4.78 is 1.75. The summed E-state index contributed by atoms with van der Waals surface area (Å²) in [7, 11) is 1.87. The van der Waals surface area contributed by atoms with Crippen molar-refractivity contribution in [3.05, 3.63) is 17.5 Å². The number of nitrogens with two attached hydrogens (primary N) is 1. The Morgan fingerprint density at radius 3 is 2.61 bits per heavy atom. The minimum Gasteiger partial charge on any atom is -0.348 e. The van der Waals surface area contributed by atoms with E-state index in [4.69, 9.17) is 5.73 Å². The van der Waals surface area contributed by atoms with E-state index in [1.54, 1.807) is 4.68 Å². The summed E-state index contributed by atoms with van der Waals surface area (Å²) >= 11 is 0. The average molecular weight is 252 g/mol. The molecule has 1 heterocycles. The molecule has 1 amide bonds. The van der Waals surface area contributed by atoms with E-state index in [1.165, 1.54) is 0 Å². The minimum atomic E-state index is -0.450. The molecule has 3 N–H and O–H groups in total. The highest BCUT2D eigenvalue weighted by Gasteiger charge is 2.22. The fraction of sp³-hybridized carbons (Fsp3) is 0.692. The van der Waals surface area contributed by atoms with E-state index in [1.807, 2.05) is 40.9 Å². The Morgan fingerprint density at radius 2 is 2.17 bits per heavy atom. The summed E-state index contributed by atoms with van der Waals surface area (Å²) in [5.41, 5.74) is 7.87. The summed E-state index contributed by atoms with van der Waals surface area (Å²) in [6.07, 6.45) is 2.82. The van der Waals surface area contributed by atoms with Gasteiger partial charge in [0.15, 0.2) is 0 Å². The van der Waals surface area contributed by atoms with Gasteiger partial charge in [0.2, 0.25) is 5.91 Å². The molecular formula is C13H24N4O. The molecule has 0 aliphatic carbocycles. The van der Waals surface area contributed by atoms with Gasteiger partial charge in [0.1, 0.15) is 0 Å². The molecule has 5 nitrogen and oxygen atoms in total. The lowest BCUT2D eigenvalue weighted by Crippen LogP contribution is -2.45. The Kier molecular flexibility index (Phi) is 4.90. The molecule has 0 aliphatic rings. The molecule has 3 atom stereocenters. The molecule has 102 valence electrons. The summed E-state index contributed by atoms with van der Waals surface area (Å²) in [5.74, 6) is 0.0901. The van der Waals surface area contributed by atoms with Gasteiger partial charge < -0.3 is 11.1 Å². The second-order valence-electron chi connectivity index (χ2n) is 4.99. The number of rotatable bonds is 5. The highest BCUT2D eigenvalue weighted by atomic mass is 16.2. The Hall–Kier alpha value is -1.36. The Bertz CT molecular complexity index is 413. The van der Waals surface area contributed by atoms with Crippen molar-refractivity contribution in [2.75, 3.05) is 0 Å². The smallest absolute Gasteiger partial charge is 0.237 e. The van der Waals surface area contributed by atoms with Crippen LogP contribution in [0, 0.1) is 12.8 Å². The van der Waals surface area contributed by atoms with E-state index >= 15 is 0 Å². The highest BCUT2D eigenvalue weighted by Crippen LogP contribution is 2.16. The number of carbonyl (C=O) groups is 1. The summed E-state index contributed by atoms with van der Waals surface area (Å²) in [6.45, 7) is 7.91. The van der Waals surface area contributed by atoms with Gasteiger partial charge >= 0.3 is 0 Å². The fourth-order valence-electron chi connectivity index (χ4n) is 1.94. The molecule has 18 heavy (non-hydrogen) atoms. The molecular weight excluding hydrogens is 228 g/mol. The van der Waals surface area contributed by atoms with Crippen molar-refractivity contribution < 1.29 is 4.79 Å². The zero-order valence-electron chi connectivity index (χ0n) is 11.9. The van der Waals surface area contributed by atoms with Crippen molar-refractivity contribution >= 4 is 5.91 Å². The molecule has 5 heteroatoms. The van der Waals surface area contributed by atoms with E-state index in [-0.39, 0.29) is 17.9 Å². The third kappa shape index (κ3) is 3.32. The number of nitrogens with one attached hydrogen (secondary N) is 1. The first kappa shape index (κ1) is 14.7. The predicted molar refractivity (Wildman–Crippen MR) is 71.9 cm³/mol. The van der Waals surface area contributed by atoms with E-state index in [0.717, 1.165) is 17.7 Å². The number of nitrogens with zero attached hydrogens (tertiary/aromatic N) is 2. The van der Waals surface area contributed by atoms with E-state index < -0.39 is 6.04 Å². The minimum absolute atomic E-state index is 0.0682. The van der Waals surface area contributed by atoms with Crippen molar-refractivity contribution in [2.45, 2.75) is 46.2 Å². The average Bonchev–Trinajstić information content (AvgIpc) is 2.66. The van der Waals surface area contributed by atoms with Gasteiger partial charge in [0.05, 0.1) is 17.8 Å². The molecule has 0 spiro atoms. The SMILES string of the molecule is CCC(C)C(N)C(=O)NC(C)c1cn(C)nc1C. The van der Waals surface area contributed by atoms with Gasteiger partial charge in [-0.3, -0.25) is 9.48 Å². The third-order valence-corrected chi connectivity index (χ3v) is 3.44. The van der Waals surface area contributed by atoms with Crippen LogP contribution in [-0.4, -0.2) is 21.7 Å². The number of amides is 1. The quantitative estimate of drug-likeness (QED) is 0.829. The van der Waals surface area contributed by atoms with Crippen molar-refractivity contribution in [1.82, 2.24) is 15.1 Å². The number of hydrogen-bond acceptors (Lipinski definition) is 3. The third-order valence-electron chi connectivity index (χ3n) is 3.44. The van der Waals surface area contributed by atoms with Gasteiger partial charge in [-0.15, -0.1) is 0 Å². The maximum absolute atomic E-state index is 12.0. The second-order valence-corrected chi connectivity index (χ2v) is 4.99. The standard InChI is InChI=1S/C13H24N4O/c1-6-8(2)12(14)13(18)15-9(3)11-7-17(5)16-10(11)4/h7-9,12H,6,14H2,1-5H3,(H,15,18). The van der Waals surface area contributed by atoms with Crippen LogP contribution in [0.15, 0.2) is 6.20 Å². The van der Waals surface area contributed by atoms with Gasteiger partial charge in [-0.2, -0.15) is 5.10 Å². The predicted octanol–water partition coefficient (Wildman–Crippen LogP) is 1.28. The largest absolute Gasteiger partial charge is 0.348 e. The Labute approximate surface area is 109 Å². The normalized spacial score (nSPS) is 16.1. The van der Waals surface area contributed by atoms with Crippen LogP contribution < -0.4 is 11.1 Å². The monoisotopic (exact) mass is 252 g/mol. The molecule has 3 unspecified atom stereocenters. The van der Waals surface area contributed by atoms with Crippen molar-refractivity contribution in [3.8, 4) is 0 Å². The second kappa shape index (κ2) is 6.00. The van der Waals surface area contributed by atoms with Crippen LogP contribution in [0.4, 0.5) is 0 Å². The van der Waals surface area contributed by atoms with Gasteiger partial charge in [-0.1, -0.05) is 20.3 Å². The first-order valence-electron chi connectivity index (χ1n) is 6.42. The van der Waals surface area contributed by atoms with Gasteiger partial charge in [0.25, 0.3) is 0 Å². The molecule has 0 aliphatic heterocycles. The first-order valence-corrected chi connectivity index (χ1v) is 6.42. The number of carbonyl (C=O) groups excluding carboxylic acids is 1. The van der Waals surface area contributed by atoms with Crippen LogP contribution in [-0.2, 0) is 11.8 Å². The summed E-state index contributed by atoms with van der Waals surface area (Å²) in [4.78, 5) is 12.0. The van der Waals surface area contributed by atoms with E-state index in [9.17, 15) is 4.79 Å². The zero-order chi connectivity index (χ0) is 13.9. The molecule has 0 saturated carbocycles. The number of aryl methyl sites for hydroxylation is 2. The van der Waals surface area contributed by atoms with Crippen molar-refractivity contribution in [1.29, 1.82) is 0 Å². The van der Waals surface area contributed by atoms with Crippen molar-refractivity contribution in [2.24, 2.45) is 18.7 Å². The summed E-state index contributed by atoms with van der Waals surface area (Å²) in [6, 6.07) is -0.518. The Balaban J connectivity index is 2.67. The maximum Gasteiger partial charge on any atom is 0.237 e.